The summed E-state index contributed by atoms with van der Waals surface area (Å²) < 4.78 is 15.8. The molecule has 0 aliphatic carbocycles. The van der Waals surface area contributed by atoms with E-state index in [2.05, 4.69) is 16.2 Å². The molecular formula is C18H21N3O6. The van der Waals surface area contributed by atoms with Crippen molar-refractivity contribution in [1.29, 1.82) is 0 Å². The minimum Gasteiger partial charge on any atom is -0.490 e. The molecule has 0 atom stereocenters. The van der Waals surface area contributed by atoms with Gasteiger partial charge in [0.05, 0.1) is 26.0 Å². The number of hydrazine groups is 1. The van der Waals surface area contributed by atoms with E-state index < -0.39 is 17.7 Å². The fourth-order valence-electron chi connectivity index (χ4n) is 2.09. The van der Waals surface area contributed by atoms with Gasteiger partial charge >= 0.3 is 5.91 Å². The maximum Gasteiger partial charge on any atom is 0.305 e. The molecule has 9 heteroatoms. The van der Waals surface area contributed by atoms with Crippen molar-refractivity contribution < 1.29 is 28.3 Å². The molecule has 1 aromatic heterocycles. The van der Waals surface area contributed by atoms with E-state index in [9.17, 15) is 14.4 Å². The van der Waals surface area contributed by atoms with Crippen LogP contribution >= 0.6 is 0 Å². The number of hydrogen-bond donors (Lipinski definition) is 3. The summed E-state index contributed by atoms with van der Waals surface area (Å²) in [5.74, 6) is -0.632. The number of furan rings is 1. The average Bonchev–Trinajstić information content (AvgIpc) is 3.20. The van der Waals surface area contributed by atoms with Crippen LogP contribution in [0.25, 0.3) is 0 Å². The van der Waals surface area contributed by atoms with E-state index in [0.717, 1.165) is 0 Å². The Morgan fingerprint density at radius 2 is 1.70 bits per heavy atom. The number of hydrogen-bond acceptors (Lipinski definition) is 6. The first-order valence-corrected chi connectivity index (χ1v) is 8.35. The SMILES string of the molecule is CCOc1ccc(C(=O)NCC(=O)NNC(=O)c2ccco2)cc1OCC. The van der Waals surface area contributed by atoms with Crippen molar-refractivity contribution in [3.63, 3.8) is 0 Å². The molecule has 0 unspecified atom stereocenters. The Labute approximate surface area is 156 Å². The molecule has 144 valence electrons. The van der Waals surface area contributed by atoms with Gasteiger partial charge in [0.15, 0.2) is 17.3 Å². The molecule has 0 spiro atoms. The number of ether oxygens (including phenoxy) is 2. The third-order valence-electron chi connectivity index (χ3n) is 3.28. The summed E-state index contributed by atoms with van der Waals surface area (Å²) in [6.45, 7) is 4.23. The quantitative estimate of drug-likeness (QED) is 0.598. The molecule has 1 heterocycles. The third kappa shape index (κ3) is 5.77. The molecule has 2 rings (SSSR count). The predicted molar refractivity (Wildman–Crippen MR) is 95.4 cm³/mol. The highest BCUT2D eigenvalue weighted by molar-refractivity contribution is 5.97. The summed E-state index contributed by atoms with van der Waals surface area (Å²) in [7, 11) is 0. The molecule has 0 saturated carbocycles. The van der Waals surface area contributed by atoms with Gasteiger partial charge in [-0.2, -0.15) is 0 Å². The van der Waals surface area contributed by atoms with Gasteiger partial charge in [0.25, 0.3) is 11.8 Å². The van der Waals surface area contributed by atoms with E-state index >= 15 is 0 Å². The zero-order valence-corrected chi connectivity index (χ0v) is 15.0. The van der Waals surface area contributed by atoms with Crippen molar-refractivity contribution in [1.82, 2.24) is 16.2 Å². The highest BCUT2D eigenvalue weighted by Gasteiger charge is 2.13. The maximum atomic E-state index is 12.2. The van der Waals surface area contributed by atoms with Crippen molar-refractivity contribution in [3.8, 4) is 11.5 Å². The van der Waals surface area contributed by atoms with Crippen LogP contribution in [0.1, 0.15) is 34.8 Å². The smallest absolute Gasteiger partial charge is 0.305 e. The zero-order chi connectivity index (χ0) is 19.6. The molecule has 0 aliphatic heterocycles. The van der Waals surface area contributed by atoms with E-state index in [1.165, 1.54) is 12.3 Å². The topological polar surface area (TPSA) is 119 Å². The molecule has 0 saturated heterocycles. The lowest BCUT2D eigenvalue weighted by atomic mass is 10.2. The average molecular weight is 375 g/mol. The van der Waals surface area contributed by atoms with Crippen LogP contribution < -0.4 is 25.6 Å². The van der Waals surface area contributed by atoms with Gasteiger partial charge in [-0.05, 0) is 44.2 Å². The van der Waals surface area contributed by atoms with Crippen molar-refractivity contribution in [2.24, 2.45) is 0 Å². The third-order valence-corrected chi connectivity index (χ3v) is 3.28. The number of rotatable bonds is 8. The highest BCUT2D eigenvalue weighted by atomic mass is 16.5. The molecule has 9 nitrogen and oxygen atoms in total. The first-order valence-electron chi connectivity index (χ1n) is 8.35. The van der Waals surface area contributed by atoms with Crippen LogP contribution in [0.5, 0.6) is 11.5 Å². The summed E-state index contributed by atoms with van der Waals surface area (Å²) >= 11 is 0. The molecule has 3 N–H and O–H groups in total. The van der Waals surface area contributed by atoms with Gasteiger partial charge in [-0.15, -0.1) is 0 Å². The second kappa shape index (κ2) is 9.85. The minimum atomic E-state index is -0.604. The highest BCUT2D eigenvalue weighted by Crippen LogP contribution is 2.28. The summed E-state index contributed by atoms with van der Waals surface area (Å²) in [6.07, 6.45) is 1.34. The Morgan fingerprint density at radius 1 is 0.963 bits per heavy atom. The van der Waals surface area contributed by atoms with Crippen molar-refractivity contribution in [3.05, 3.63) is 47.9 Å². The molecule has 0 radical (unpaired) electrons. The Morgan fingerprint density at radius 3 is 2.37 bits per heavy atom. The first-order chi connectivity index (χ1) is 13.0. The van der Waals surface area contributed by atoms with Gasteiger partial charge in [0.1, 0.15) is 0 Å². The van der Waals surface area contributed by atoms with Gasteiger partial charge in [-0.25, -0.2) is 0 Å². The summed E-state index contributed by atoms with van der Waals surface area (Å²) in [6, 6.07) is 7.74. The number of carbonyl (C=O) groups excluding carboxylic acids is 3. The van der Waals surface area contributed by atoms with Gasteiger partial charge in [0, 0.05) is 5.56 Å². The Hall–Kier alpha value is -3.49. The predicted octanol–water partition coefficient (Wildman–Crippen LogP) is 1.27. The number of nitrogens with one attached hydrogen (secondary N) is 3. The van der Waals surface area contributed by atoms with E-state index in [0.29, 0.717) is 30.3 Å². The van der Waals surface area contributed by atoms with Crippen LogP contribution in [0.4, 0.5) is 0 Å². The standard InChI is InChI=1S/C18H21N3O6/c1-3-25-13-8-7-12(10-15(13)26-4-2)17(23)19-11-16(22)20-21-18(24)14-6-5-9-27-14/h5-10H,3-4,11H2,1-2H3,(H,19,23)(H,20,22)(H,21,24). The number of benzene rings is 1. The van der Waals surface area contributed by atoms with E-state index in [4.69, 9.17) is 13.9 Å². The van der Waals surface area contributed by atoms with Crippen LogP contribution in [-0.2, 0) is 4.79 Å². The van der Waals surface area contributed by atoms with Crippen LogP contribution in [0, 0.1) is 0 Å². The number of carbonyl (C=O) groups is 3. The summed E-state index contributed by atoms with van der Waals surface area (Å²) in [5.41, 5.74) is 4.67. The Bertz CT molecular complexity index is 788. The lowest BCUT2D eigenvalue weighted by Crippen LogP contribution is -2.46. The van der Waals surface area contributed by atoms with Crippen LogP contribution in [0.2, 0.25) is 0 Å². The summed E-state index contributed by atoms with van der Waals surface area (Å²) in [4.78, 5) is 35.6. The van der Waals surface area contributed by atoms with Crippen LogP contribution in [-0.4, -0.2) is 37.5 Å². The molecule has 3 amide bonds. The van der Waals surface area contributed by atoms with Gasteiger partial charge in [0.2, 0.25) is 0 Å². The molecule has 0 bridgehead atoms. The van der Waals surface area contributed by atoms with Gasteiger partial charge in [-0.3, -0.25) is 25.2 Å². The number of amides is 3. The largest absolute Gasteiger partial charge is 0.490 e. The Kier molecular flexibility index (Phi) is 7.24. The Balaban J connectivity index is 1.86. The first kappa shape index (κ1) is 19.8. The minimum absolute atomic E-state index is 0.0529. The van der Waals surface area contributed by atoms with Gasteiger partial charge in [-0.1, -0.05) is 0 Å². The normalized spacial score (nSPS) is 10.0. The van der Waals surface area contributed by atoms with Crippen molar-refractivity contribution in [2.75, 3.05) is 19.8 Å². The van der Waals surface area contributed by atoms with E-state index in [1.807, 2.05) is 13.8 Å². The molecular weight excluding hydrogens is 354 g/mol. The molecule has 2 aromatic rings. The molecule has 0 fully saturated rings. The van der Waals surface area contributed by atoms with E-state index in [-0.39, 0.29) is 12.3 Å². The van der Waals surface area contributed by atoms with Crippen molar-refractivity contribution >= 4 is 17.7 Å². The molecule has 27 heavy (non-hydrogen) atoms. The lowest BCUT2D eigenvalue weighted by molar-refractivity contribution is -0.120. The molecule has 0 aliphatic rings. The van der Waals surface area contributed by atoms with Crippen molar-refractivity contribution in [2.45, 2.75) is 13.8 Å². The van der Waals surface area contributed by atoms with E-state index in [1.54, 1.807) is 24.3 Å². The lowest BCUT2D eigenvalue weighted by Gasteiger charge is -2.12. The zero-order valence-electron chi connectivity index (χ0n) is 15.0. The maximum absolute atomic E-state index is 12.2. The van der Waals surface area contributed by atoms with Gasteiger partial charge < -0.3 is 19.2 Å². The summed E-state index contributed by atoms with van der Waals surface area (Å²) in [5, 5.41) is 2.46. The molecule has 1 aromatic carbocycles. The fourth-order valence-corrected chi connectivity index (χ4v) is 2.09. The van der Waals surface area contributed by atoms with Crippen LogP contribution in [0.3, 0.4) is 0 Å². The second-order valence-electron chi connectivity index (χ2n) is 5.19. The van der Waals surface area contributed by atoms with Crippen LogP contribution in [0.15, 0.2) is 41.0 Å². The second-order valence-corrected chi connectivity index (χ2v) is 5.19. The monoisotopic (exact) mass is 375 g/mol. The fraction of sp³-hybridized carbons (Fsp3) is 0.278.